The summed E-state index contributed by atoms with van der Waals surface area (Å²) in [6.07, 6.45) is 1.52. The van der Waals surface area contributed by atoms with Gasteiger partial charge in [0.15, 0.2) is 0 Å². The molecule has 0 bridgehead atoms. The summed E-state index contributed by atoms with van der Waals surface area (Å²) in [7, 11) is 0. The Kier molecular flexibility index (Phi) is 3.76. The fourth-order valence-electron chi connectivity index (χ4n) is 1.15. The van der Waals surface area contributed by atoms with Crippen molar-refractivity contribution in [1.82, 2.24) is 0 Å². The van der Waals surface area contributed by atoms with Crippen LogP contribution in [0, 0.1) is 0 Å². The van der Waals surface area contributed by atoms with E-state index in [4.69, 9.17) is 0 Å². The highest BCUT2D eigenvalue weighted by Gasteiger charge is 2.05. The fourth-order valence-corrected chi connectivity index (χ4v) is 1.57. The quantitative estimate of drug-likeness (QED) is 0.843. The van der Waals surface area contributed by atoms with Crippen molar-refractivity contribution >= 4 is 15.9 Å². The molecule has 12 heavy (non-hydrogen) atoms. The lowest BCUT2D eigenvalue weighted by molar-refractivity contribution is 0.166. The van der Waals surface area contributed by atoms with Gasteiger partial charge in [-0.25, -0.2) is 0 Å². The van der Waals surface area contributed by atoms with Crippen LogP contribution in [-0.2, 0) is 0 Å². The van der Waals surface area contributed by atoms with Gasteiger partial charge in [-0.15, -0.1) is 0 Å². The molecule has 1 atom stereocenters. The minimum Gasteiger partial charge on any atom is -0.388 e. The molecule has 0 aliphatic rings. The zero-order chi connectivity index (χ0) is 8.97. The Balaban J connectivity index is 2.73. The Morgan fingerprint density at radius 1 is 1.50 bits per heavy atom. The molecule has 0 radical (unpaired) electrons. The summed E-state index contributed by atoms with van der Waals surface area (Å²) in [6.45, 7) is 2.07. The molecule has 1 nitrogen and oxygen atoms in total. The van der Waals surface area contributed by atoms with Crippen LogP contribution in [0.3, 0.4) is 0 Å². The van der Waals surface area contributed by atoms with E-state index in [0.29, 0.717) is 0 Å². The third-order valence-electron chi connectivity index (χ3n) is 1.80. The van der Waals surface area contributed by atoms with Crippen molar-refractivity contribution in [3.8, 4) is 0 Å². The maximum absolute atomic E-state index is 9.62. The van der Waals surface area contributed by atoms with Crippen LogP contribution in [0.2, 0.25) is 0 Å². The first-order chi connectivity index (χ1) is 5.74. The van der Waals surface area contributed by atoms with Crippen LogP contribution < -0.4 is 0 Å². The molecule has 1 aromatic carbocycles. The Morgan fingerprint density at radius 3 is 2.83 bits per heavy atom. The third-order valence-corrected chi connectivity index (χ3v) is 2.29. The largest absolute Gasteiger partial charge is 0.388 e. The van der Waals surface area contributed by atoms with Crippen molar-refractivity contribution in [2.45, 2.75) is 25.9 Å². The Labute approximate surface area is 81.6 Å². The lowest BCUT2D eigenvalue weighted by Gasteiger charge is -2.09. The second kappa shape index (κ2) is 4.63. The second-order valence-corrected chi connectivity index (χ2v) is 3.78. The molecular weight excluding hydrogens is 216 g/mol. The molecule has 1 unspecified atom stereocenters. The highest BCUT2D eigenvalue weighted by Crippen LogP contribution is 2.21. The summed E-state index contributed by atoms with van der Waals surface area (Å²) in [5, 5.41) is 9.62. The van der Waals surface area contributed by atoms with Gasteiger partial charge < -0.3 is 5.11 Å². The molecule has 66 valence electrons. The Morgan fingerprint density at radius 2 is 2.25 bits per heavy atom. The number of rotatable bonds is 3. The molecular formula is C10H13BrO. The SMILES string of the molecule is CCCC(O)c1cccc(Br)c1. The maximum Gasteiger partial charge on any atom is 0.0790 e. The van der Waals surface area contributed by atoms with E-state index in [1.165, 1.54) is 0 Å². The summed E-state index contributed by atoms with van der Waals surface area (Å²) in [5.74, 6) is 0. The molecule has 0 spiro atoms. The van der Waals surface area contributed by atoms with Crippen molar-refractivity contribution in [2.75, 3.05) is 0 Å². The molecule has 0 aliphatic heterocycles. The number of hydrogen-bond donors (Lipinski definition) is 1. The van der Waals surface area contributed by atoms with Crippen LogP contribution in [0.4, 0.5) is 0 Å². The van der Waals surface area contributed by atoms with Gasteiger partial charge in [0.25, 0.3) is 0 Å². The first-order valence-corrected chi connectivity index (χ1v) is 4.97. The van der Waals surface area contributed by atoms with Crippen molar-refractivity contribution < 1.29 is 5.11 Å². The summed E-state index contributed by atoms with van der Waals surface area (Å²) in [6, 6.07) is 7.81. The lowest BCUT2D eigenvalue weighted by Crippen LogP contribution is -1.95. The summed E-state index contributed by atoms with van der Waals surface area (Å²) in [5.41, 5.74) is 0.992. The Bertz CT molecular complexity index is 247. The van der Waals surface area contributed by atoms with Crippen molar-refractivity contribution in [1.29, 1.82) is 0 Å². The van der Waals surface area contributed by atoms with E-state index in [2.05, 4.69) is 22.9 Å². The molecule has 0 fully saturated rings. The number of aliphatic hydroxyl groups is 1. The van der Waals surface area contributed by atoms with E-state index in [-0.39, 0.29) is 6.10 Å². The molecule has 0 saturated carbocycles. The standard InChI is InChI=1S/C10H13BrO/c1-2-4-10(12)8-5-3-6-9(11)7-8/h3,5-7,10,12H,2,4H2,1H3. The Hall–Kier alpha value is -0.340. The van der Waals surface area contributed by atoms with Gasteiger partial charge >= 0.3 is 0 Å². The second-order valence-electron chi connectivity index (χ2n) is 2.86. The number of halogens is 1. The van der Waals surface area contributed by atoms with Gasteiger partial charge in [-0.1, -0.05) is 41.4 Å². The van der Waals surface area contributed by atoms with Crippen LogP contribution in [0.15, 0.2) is 28.7 Å². The molecule has 0 heterocycles. The topological polar surface area (TPSA) is 20.2 Å². The van der Waals surface area contributed by atoms with Crippen molar-refractivity contribution in [2.24, 2.45) is 0 Å². The lowest BCUT2D eigenvalue weighted by atomic mass is 10.1. The fraction of sp³-hybridized carbons (Fsp3) is 0.400. The smallest absolute Gasteiger partial charge is 0.0790 e. The maximum atomic E-state index is 9.62. The molecule has 2 heteroatoms. The number of hydrogen-bond acceptors (Lipinski definition) is 1. The zero-order valence-corrected chi connectivity index (χ0v) is 8.71. The highest BCUT2D eigenvalue weighted by molar-refractivity contribution is 9.10. The van der Waals surface area contributed by atoms with Crippen molar-refractivity contribution in [3.63, 3.8) is 0 Å². The molecule has 0 saturated heterocycles. The highest BCUT2D eigenvalue weighted by atomic mass is 79.9. The van der Waals surface area contributed by atoms with Crippen LogP contribution >= 0.6 is 15.9 Å². The monoisotopic (exact) mass is 228 g/mol. The minimum absolute atomic E-state index is 0.313. The third kappa shape index (κ3) is 2.61. The predicted molar refractivity (Wildman–Crippen MR) is 54.0 cm³/mol. The van der Waals surface area contributed by atoms with Crippen molar-refractivity contribution in [3.05, 3.63) is 34.3 Å². The summed E-state index contributed by atoms with van der Waals surface area (Å²) >= 11 is 3.37. The zero-order valence-electron chi connectivity index (χ0n) is 7.13. The van der Waals surface area contributed by atoms with Gasteiger partial charge in [0.2, 0.25) is 0 Å². The normalized spacial score (nSPS) is 12.9. The molecule has 1 aromatic rings. The van der Waals surface area contributed by atoms with Gasteiger partial charge in [0.05, 0.1) is 6.10 Å². The van der Waals surface area contributed by atoms with Gasteiger partial charge in [-0.3, -0.25) is 0 Å². The summed E-state index contributed by atoms with van der Waals surface area (Å²) in [4.78, 5) is 0. The first kappa shape index (κ1) is 9.75. The van der Waals surface area contributed by atoms with E-state index in [0.717, 1.165) is 22.9 Å². The first-order valence-electron chi connectivity index (χ1n) is 4.17. The summed E-state index contributed by atoms with van der Waals surface area (Å²) < 4.78 is 1.02. The molecule has 0 amide bonds. The van der Waals surface area contributed by atoms with Gasteiger partial charge in [0, 0.05) is 4.47 Å². The van der Waals surface area contributed by atoms with E-state index in [1.807, 2.05) is 24.3 Å². The molecule has 1 N–H and O–H groups in total. The minimum atomic E-state index is -0.313. The average molecular weight is 229 g/mol. The van der Waals surface area contributed by atoms with E-state index in [1.54, 1.807) is 0 Å². The number of aliphatic hydroxyl groups excluding tert-OH is 1. The predicted octanol–water partition coefficient (Wildman–Crippen LogP) is 3.28. The van der Waals surface area contributed by atoms with E-state index in [9.17, 15) is 5.11 Å². The number of benzene rings is 1. The van der Waals surface area contributed by atoms with Crippen LogP contribution in [0.1, 0.15) is 31.4 Å². The van der Waals surface area contributed by atoms with Crippen LogP contribution in [-0.4, -0.2) is 5.11 Å². The van der Waals surface area contributed by atoms with Crippen LogP contribution in [0.5, 0.6) is 0 Å². The molecule has 0 aromatic heterocycles. The average Bonchev–Trinajstić information content (AvgIpc) is 2.05. The van der Waals surface area contributed by atoms with E-state index >= 15 is 0 Å². The van der Waals surface area contributed by atoms with Gasteiger partial charge in [0.1, 0.15) is 0 Å². The van der Waals surface area contributed by atoms with Crippen LogP contribution in [0.25, 0.3) is 0 Å². The van der Waals surface area contributed by atoms with E-state index < -0.39 is 0 Å². The van der Waals surface area contributed by atoms with Gasteiger partial charge in [-0.2, -0.15) is 0 Å². The molecule has 1 rings (SSSR count). The van der Waals surface area contributed by atoms with Gasteiger partial charge in [-0.05, 0) is 24.1 Å². The molecule has 0 aliphatic carbocycles.